The van der Waals surface area contributed by atoms with Crippen molar-refractivity contribution in [3.8, 4) is 0 Å². The molecule has 0 unspecified atom stereocenters. The number of anilines is 1. The summed E-state index contributed by atoms with van der Waals surface area (Å²) in [5.41, 5.74) is 3.68. The number of nitrogens with zero attached hydrogens (tertiary/aromatic N) is 1. The zero-order valence-electron chi connectivity index (χ0n) is 14.5. The lowest BCUT2D eigenvalue weighted by Gasteiger charge is -2.26. The van der Waals surface area contributed by atoms with Crippen LogP contribution in [0.1, 0.15) is 53.2 Å². The molecule has 2 aliphatic rings. The Morgan fingerprint density at radius 1 is 1.12 bits per heavy atom. The van der Waals surface area contributed by atoms with Gasteiger partial charge in [0.05, 0.1) is 16.8 Å². The van der Waals surface area contributed by atoms with Crippen molar-refractivity contribution in [3.63, 3.8) is 0 Å². The quantitative estimate of drug-likeness (QED) is 0.879. The Morgan fingerprint density at radius 3 is 2.77 bits per heavy atom. The molecule has 0 bridgehead atoms. The molecule has 1 saturated heterocycles. The van der Waals surface area contributed by atoms with Gasteiger partial charge in [0.25, 0.3) is 5.91 Å². The van der Waals surface area contributed by atoms with Crippen molar-refractivity contribution in [1.29, 1.82) is 0 Å². The second-order valence-corrected chi connectivity index (χ2v) is 7.34. The van der Waals surface area contributed by atoms with Crippen LogP contribution in [-0.2, 0) is 11.2 Å². The first kappa shape index (κ1) is 17.1. The van der Waals surface area contributed by atoms with Gasteiger partial charge < -0.3 is 10.2 Å². The molecule has 1 fully saturated rings. The van der Waals surface area contributed by atoms with Crippen LogP contribution in [0.25, 0.3) is 0 Å². The monoisotopic (exact) mass is 368 g/mol. The number of halogens is 1. The molecule has 5 heteroatoms. The highest BCUT2D eigenvalue weighted by molar-refractivity contribution is 6.34. The SMILES string of the molecule is O=C(N[C@H]1CCCc2ccccc21)c1ccc(Cl)c(N2CCCC2=O)c1. The van der Waals surface area contributed by atoms with Crippen LogP contribution in [0.15, 0.2) is 42.5 Å². The highest BCUT2D eigenvalue weighted by atomic mass is 35.5. The highest BCUT2D eigenvalue weighted by Gasteiger charge is 2.26. The number of hydrogen-bond acceptors (Lipinski definition) is 2. The Morgan fingerprint density at radius 2 is 1.96 bits per heavy atom. The summed E-state index contributed by atoms with van der Waals surface area (Å²) in [6, 6.07) is 13.5. The predicted molar refractivity (Wildman–Crippen MR) is 103 cm³/mol. The molecule has 0 saturated carbocycles. The number of carbonyl (C=O) groups is 2. The number of benzene rings is 2. The van der Waals surface area contributed by atoms with Crippen molar-refractivity contribution in [1.82, 2.24) is 5.32 Å². The van der Waals surface area contributed by atoms with Crippen LogP contribution in [0.3, 0.4) is 0 Å². The molecular weight excluding hydrogens is 348 g/mol. The molecule has 2 aromatic rings. The minimum atomic E-state index is -0.128. The van der Waals surface area contributed by atoms with Crippen molar-refractivity contribution in [2.45, 2.75) is 38.1 Å². The van der Waals surface area contributed by atoms with Crippen LogP contribution >= 0.6 is 11.6 Å². The fraction of sp³-hybridized carbons (Fsp3) is 0.333. The van der Waals surface area contributed by atoms with E-state index in [1.54, 1.807) is 23.1 Å². The largest absolute Gasteiger partial charge is 0.345 e. The lowest BCUT2D eigenvalue weighted by molar-refractivity contribution is -0.117. The van der Waals surface area contributed by atoms with Gasteiger partial charge in [-0.3, -0.25) is 9.59 Å². The molecule has 0 spiro atoms. The Labute approximate surface area is 158 Å². The van der Waals surface area contributed by atoms with E-state index in [0.717, 1.165) is 25.7 Å². The standard InChI is InChI=1S/C21H21ClN2O2/c22-17-11-10-15(13-19(17)24-12-4-9-20(24)25)21(26)23-18-8-3-6-14-5-1-2-7-16(14)18/h1-2,5,7,10-11,13,18H,3-4,6,8-9,12H2,(H,23,26)/t18-/m0/s1. The van der Waals surface area contributed by atoms with Crippen molar-refractivity contribution < 1.29 is 9.59 Å². The summed E-state index contributed by atoms with van der Waals surface area (Å²) in [5.74, 6) is -0.0677. The van der Waals surface area contributed by atoms with E-state index in [0.29, 0.717) is 29.2 Å². The van der Waals surface area contributed by atoms with Gasteiger partial charge in [-0.1, -0.05) is 35.9 Å². The van der Waals surface area contributed by atoms with Gasteiger partial charge in [0.1, 0.15) is 0 Å². The zero-order valence-corrected chi connectivity index (χ0v) is 15.3. The van der Waals surface area contributed by atoms with Gasteiger partial charge in [-0.15, -0.1) is 0 Å². The van der Waals surface area contributed by atoms with Gasteiger partial charge in [0.15, 0.2) is 0 Å². The average molecular weight is 369 g/mol. The van der Waals surface area contributed by atoms with Crippen LogP contribution < -0.4 is 10.2 Å². The zero-order chi connectivity index (χ0) is 18.1. The normalized spacial score (nSPS) is 19.3. The summed E-state index contributed by atoms with van der Waals surface area (Å²) >= 11 is 6.28. The minimum Gasteiger partial charge on any atom is -0.345 e. The summed E-state index contributed by atoms with van der Waals surface area (Å²) in [6.07, 6.45) is 4.42. The number of hydrogen-bond donors (Lipinski definition) is 1. The van der Waals surface area contributed by atoms with Crippen molar-refractivity contribution >= 4 is 29.1 Å². The number of amides is 2. The Hall–Kier alpha value is -2.33. The highest BCUT2D eigenvalue weighted by Crippen LogP contribution is 2.32. The maximum absolute atomic E-state index is 12.8. The molecule has 1 atom stereocenters. The fourth-order valence-corrected chi connectivity index (χ4v) is 4.13. The predicted octanol–water partition coefficient (Wildman–Crippen LogP) is 4.27. The molecular formula is C21H21ClN2O2. The molecule has 4 rings (SSSR count). The first-order valence-electron chi connectivity index (χ1n) is 9.12. The molecule has 0 radical (unpaired) electrons. The van der Waals surface area contributed by atoms with E-state index >= 15 is 0 Å². The van der Waals surface area contributed by atoms with Gasteiger partial charge in [0.2, 0.25) is 5.91 Å². The molecule has 2 amide bonds. The second kappa shape index (κ2) is 7.12. The summed E-state index contributed by atoms with van der Waals surface area (Å²) in [5, 5.41) is 3.65. The number of carbonyl (C=O) groups excluding carboxylic acids is 2. The number of rotatable bonds is 3. The summed E-state index contributed by atoms with van der Waals surface area (Å²) in [6.45, 7) is 0.652. The molecule has 4 nitrogen and oxygen atoms in total. The Balaban J connectivity index is 1.57. The van der Waals surface area contributed by atoms with E-state index in [4.69, 9.17) is 11.6 Å². The van der Waals surface area contributed by atoms with Crippen LogP contribution in [-0.4, -0.2) is 18.4 Å². The van der Waals surface area contributed by atoms with Gasteiger partial charge in [-0.2, -0.15) is 0 Å². The second-order valence-electron chi connectivity index (χ2n) is 6.93. The fourth-order valence-electron chi connectivity index (χ4n) is 3.91. The van der Waals surface area contributed by atoms with Crippen LogP contribution in [0.2, 0.25) is 5.02 Å². The number of fused-ring (bicyclic) bond motifs is 1. The van der Waals surface area contributed by atoms with Crippen molar-refractivity contribution in [2.24, 2.45) is 0 Å². The maximum Gasteiger partial charge on any atom is 0.251 e. The third-order valence-electron chi connectivity index (χ3n) is 5.25. The Kier molecular flexibility index (Phi) is 4.68. The molecule has 1 N–H and O–H groups in total. The van der Waals surface area contributed by atoms with Gasteiger partial charge >= 0.3 is 0 Å². The molecule has 0 aromatic heterocycles. The van der Waals surface area contributed by atoms with E-state index < -0.39 is 0 Å². The third-order valence-corrected chi connectivity index (χ3v) is 5.57. The molecule has 134 valence electrons. The lowest BCUT2D eigenvalue weighted by atomic mass is 9.87. The van der Waals surface area contributed by atoms with Crippen LogP contribution in [0, 0.1) is 0 Å². The smallest absolute Gasteiger partial charge is 0.251 e. The molecule has 1 aliphatic heterocycles. The lowest BCUT2D eigenvalue weighted by Crippen LogP contribution is -2.31. The molecule has 2 aromatic carbocycles. The number of nitrogens with one attached hydrogen (secondary N) is 1. The van der Waals surface area contributed by atoms with Crippen LogP contribution in [0.4, 0.5) is 5.69 Å². The molecule has 26 heavy (non-hydrogen) atoms. The Bertz CT molecular complexity index is 865. The van der Waals surface area contributed by atoms with Gasteiger partial charge in [-0.05, 0) is 55.0 Å². The third kappa shape index (κ3) is 3.21. The molecule has 1 heterocycles. The van der Waals surface area contributed by atoms with E-state index in [1.807, 2.05) is 12.1 Å². The first-order chi connectivity index (χ1) is 12.6. The summed E-state index contributed by atoms with van der Waals surface area (Å²) in [4.78, 5) is 26.5. The first-order valence-corrected chi connectivity index (χ1v) is 9.50. The van der Waals surface area contributed by atoms with Gasteiger partial charge in [-0.25, -0.2) is 0 Å². The number of aryl methyl sites for hydroxylation is 1. The van der Waals surface area contributed by atoms with E-state index in [1.165, 1.54) is 11.1 Å². The summed E-state index contributed by atoms with van der Waals surface area (Å²) < 4.78 is 0. The topological polar surface area (TPSA) is 49.4 Å². The average Bonchev–Trinajstić information content (AvgIpc) is 3.08. The van der Waals surface area contributed by atoms with E-state index in [2.05, 4.69) is 17.4 Å². The molecule has 1 aliphatic carbocycles. The maximum atomic E-state index is 12.8. The minimum absolute atomic E-state index is 0.0278. The van der Waals surface area contributed by atoms with E-state index in [-0.39, 0.29) is 17.9 Å². The summed E-state index contributed by atoms with van der Waals surface area (Å²) in [7, 11) is 0. The van der Waals surface area contributed by atoms with Crippen LogP contribution in [0.5, 0.6) is 0 Å². The van der Waals surface area contributed by atoms with Crippen molar-refractivity contribution in [2.75, 3.05) is 11.4 Å². The van der Waals surface area contributed by atoms with Gasteiger partial charge in [0, 0.05) is 18.5 Å². The van der Waals surface area contributed by atoms with Crippen molar-refractivity contribution in [3.05, 3.63) is 64.2 Å². The van der Waals surface area contributed by atoms with E-state index in [9.17, 15) is 9.59 Å².